The first kappa shape index (κ1) is 19.4. The number of nitrogens with one attached hydrogen (secondary N) is 1. The maximum Gasteiger partial charge on any atom is 0.243 e. The molecule has 0 aromatic heterocycles. The van der Waals surface area contributed by atoms with Gasteiger partial charge in [0.2, 0.25) is 15.9 Å². The molecule has 0 radical (unpaired) electrons. The molecule has 1 aliphatic rings. The van der Waals surface area contributed by atoms with Crippen molar-refractivity contribution in [3.8, 4) is 5.75 Å². The summed E-state index contributed by atoms with van der Waals surface area (Å²) in [6.07, 6.45) is 1.32. The first-order valence-corrected chi connectivity index (χ1v) is 10.5. The van der Waals surface area contributed by atoms with Gasteiger partial charge in [-0.15, -0.1) is 0 Å². The molecule has 3 rings (SSSR count). The summed E-state index contributed by atoms with van der Waals surface area (Å²) in [7, 11) is -3.58. The van der Waals surface area contributed by atoms with Crippen LogP contribution in [0.1, 0.15) is 19.8 Å². The smallest absolute Gasteiger partial charge is 0.243 e. The fourth-order valence-corrected chi connectivity index (χ4v) is 4.74. The van der Waals surface area contributed by atoms with E-state index in [-0.39, 0.29) is 23.3 Å². The summed E-state index contributed by atoms with van der Waals surface area (Å²) < 4.78 is 32.5. The van der Waals surface area contributed by atoms with Crippen LogP contribution in [0, 0.1) is 5.92 Å². The molecule has 0 aliphatic carbocycles. The van der Waals surface area contributed by atoms with Crippen molar-refractivity contribution in [2.75, 3.05) is 25.0 Å². The lowest BCUT2D eigenvalue weighted by molar-refractivity contribution is -0.120. The molecule has 1 aliphatic heterocycles. The molecule has 0 unspecified atom stereocenters. The summed E-state index contributed by atoms with van der Waals surface area (Å²) >= 11 is 0. The van der Waals surface area contributed by atoms with E-state index in [4.69, 9.17) is 4.74 Å². The quantitative estimate of drug-likeness (QED) is 0.825. The van der Waals surface area contributed by atoms with E-state index in [1.54, 1.807) is 42.5 Å². The second kappa shape index (κ2) is 8.54. The van der Waals surface area contributed by atoms with Gasteiger partial charge in [-0.1, -0.05) is 24.3 Å². The molecule has 1 N–H and O–H groups in total. The standard InChI is InChI=1S/C20H24N2O4S/c1-2-26-18-10-6-9-17(14-18)21-20(23)16-8-7-13-22(15-16)27(24,25)19-11-4-3-5-12-19/h3-6,9-12,14,16H,2,7-8,13,15H2,1H3,(H,21,23)/t16-/m1/s1. The van der Waals surface area contributed by atoms with E-state index in [2.05, 4.69) is 5.32 Å². The van der Waals surface area contributed by atoms with Crippen LogP contribution >= 0.6 is 0 Å². The lowest BCUT2D eigenvalue weighted by atomic mass is 9.98. The van der Waals surface area contributed by atoms with Crippen LogP contribution in [0.15, 0.2) is 59.5 Å². The number of carbonyl (C=O) groups is 1. The molecule has 0 spiro atoms. The Bertz CT molecular complexity index is 884. The maximum atomic E-state index is 12.8. The first-order chi connectivity index (χ1) is 13.0. The Morgan fingerprint density at radius 1 is 1.19 bits per heavy atom. The molecule has 2 aromatic carbocycles. The summed E-state index contributed by atoms with van der Waals surface area (Å²) in [4.78, 5) is 12.9. The van der Waals surface area contributed by atoms with Gasteiger partial charge in [-0.3, -0.25) is 4.79 Å². The number of ether oxygens (including phenoxy) is 1. The van der Waals surface area contributed by atoms with Gasteiger partial charge >= 0.3 is 0 Å². The third-order valence-electron chi connectivity index (χ3n) is 4.55. The number of hydrogen-bond acceptors (Lipinski definition) is 4. The Morgan fingerprint density at radius 3 is 2.70 bits per heavy atom. The zero-order chi connectivity index (χ0) is 19.3. The molecule has 1 saturated heterocycles. The van der Waals surface area contributed by atoms with Crippen LogP contribution in [0.4, 0.5) is 5.69 Å². The van der Waals surface area contributed by atoms with Gasteiger partial charge in [0, 0.05) is 24.8 Å². The Balaban J connectivity index is 1.69. The zero-order valence-electron chi connectivity index (χ0n) is 15.3. The summed E-state index contributed by atoms with van der Waals surface area (Å²) in [5, 5.41) is 2.88. The van der Waals surface area contributed by atoms with Crippen LogP contribution in [0.25, 0.3) is 0 Å². The van der Waals surface area contributed by atoms with Gasteiger partial charge in [0.25, 0.3) is 0 Å². The highest BCUT2D eigenvalue weighted by Gasteiger charge is 2.33. The van der Waals surface area contributed by atoms with Crippen LogP contribution in [0.5, 0.6) is 5.75 Å². The lowest BCUT2D eigenvalue weighted by Gasteiger charge is -2.31. The molecule has 1 heterocycles. The topological polar surface area (TPSA) is 75.7 Å². The number of carbonyl (C=O) groups excluding carboxylic acids is 1. The molecule has 0 saturated carbocycles. The summed E-state index contributed by atoms with van der Waals surface area (Å²) in [5.41, 5.74) is 0.647. The zero-order valence-corrected chi connectivity index (χ0v) is 16.1. The van der Waals surface area contributed by atoms with Crippen molar-refractivity contribution >= 4 is 21.6 Å². The minimum absolute atomic E-state index is 0.170. The summed E-state index contributed by atoms with van der Waals surface area (Å²) in [5.74, 6) is 0.136. The number of piperidine rings is 1. The highest BCUT2D eigenvalue weighted by Crippen LogP contribution is 2.25. The number of rotatable bonds is 6. The van der Waals surface area contributed by atoms with Crippen molar-refractivity contribution in [1.82, 2.24) is 4.31 Å². The Kier molecular flexibility index (Phi) is 6.13. The number of anilines is 1. The van der Waals surface area contributed by atoms with Crippen molar-refractivity contribution in [2.24, 2.45) is 5.92 Å². The number of benzene rings is 2. The van der Waals surface area contributed by atoms with Crippen molar-refractivity contribution in [2.45, 2.75) is 24.7 Å². The van der Waals surface area contributed by atoms with E-state index in [9.17, 15) is 13.2 Å². The largest absolute Gasteiger partial charge is 0.494 e. The minimum atomic E-state index is -3.58. The van der Waals surface area contributed by atoms with Gasteiger partial charge in [0.1, 0.15) is 5.75 Å². The van der Waals surface area contributed by atoms with E-state index in [0.29, 0.717) is 37.4 Å². The van der Waals surface area contributed by atoms with Crippen LogP contribution in [0.2, 0.25) is 0 Å². The van der Waals surface area contributed by atoms with Gasteiger partial charge in [0.15, 0.2) is 0 Å². The van der Waals surface area contributed by atoms with Crippen LogP contribution in [-0.4, -0.2) is 38.3 Å². The Hall–Kier alpha value is -2.38. The van der Waals surface area contributed by atoms with Gasteiger partial charge in [-0.25, -0.2) is 8.42 Å². The highest BCUT2D eigenvalue weighted by atomic mass is 32.2. The van der Waals surface area contributed by atoms with E-state index >= 15 is 0 Å². The first-order valence-electron chi connectivity index (χ1n) is 9.09. The van der Waals surface area contributed by atoms with Gasteiger partial charge in [0.05, 0.1) is 17.4 Å². The average Bonchev–Trinajstić information content (AvgIpc) is 2.69. The highest BCUT2D eigenvalue weighted by molar-refractivity contribution is 7.89. The fraction of sp³-hybridized carbons (Fsp3) is 0.350. The second-order valence-corrected chi connectivity index (χ2v) is 8.40. The molecule has 1 amide bonds. The van der Waals surface area contributed by atoms with E-state index in [1.807, 2.05) is 19.1 Å². The van der Waals surface area contributed by atoms with Crippen LogP contribution < -0.4 is 10.1 Å². The molecule has 27 heavy (non-hydrogen) atoms. The summed E-state index contributed by atoms with van der Waals surface area (Å²) in [6, 6.07) is 15.5. The Labute approximate surface area is 160 Å². The van der Waals surface area contributed by atoms with Crippen molar-refractivity contribution in [3.05, 3.63) is 54.6 Å². The van der Waals surface area contributed by atoms with Crippen molar-refractivity contribution in [1.29, 1.82) is 0 Å². The monoisotopic (exact) mass is 388 g/mol. The number of amides is 1. The fourth-order valence-electron chi connectivity index (χ4n) is 3.19. The molecule has 1 fully saturated rings. The molecule has 2 aromatic rings. The molecular formula is C20H24N2O4S. The average molecular weight is 388 g/mol. The van der Waals surface area contributed by atoms with Gasteiger partial charge in [-0.2, -0.15) is 4.31 Å². The third kappa shape index (κ3) is 4.67. The number of hydrogen-bond donors (Lipinski definition) is 1. The molecule has 1 atom stereocenters. The second-order valence-electron chi connectivity index (χ2n) is 6.47. The van der Waals surface area contributed by atoms with E-state index in [1.165, 1.54) is 4.31 Å². The van der Waals surface area contributed by atoms with Crippen molar-refractivity contribution in [3.63, 3.8) is 0 Å². The van der Waals surface area contributed by atoms with Crippen LogP contribution in [-0.2, 0) is 14.8 Å². The number of sulfonamides is 1. The minimum Gasteiger partial charge on any atom is -0.494 e. The molecular weight excluding hydrogens is 364 g/mol. The van der Waals surface area contributed by atoms with Crippen LogP contribution in [0.3, 0.4) is 0 Å². The number of nitrogens with zero attached hydrogens (tertiary/aromatic N) is 1. The maximum absolute atomic E-state index is 12.8. The van der Waals surface area contributed by atoms with E-state index < -0.39 is 10.0 Å². The van der Waals surface area contributed by atoms with Gasteiger partial charge < -0.3 is 10.1 Å². The normalized spacial score (nSPS) is 18.0. The van der Waals surface area contributed by atoms with Gasteiger partial charge in [-0.05, 0) is 44.0 Å². The molecule has 7 heteroatoms. The predicted octanol–water partition coefficient (Wildman–Crippen LogP) is 3.12. The predicted molar refractivity (Wildman–Crippen MR) is 104 cm³/mol. The third-order valence-corrected chi connectivity index (χ3v) is 6.43. The molecule has 0 bridgehead atoms. The lowest BCUT2D eigenvalue weighted by Crippen LogP contribution is -2.43. The summed E-state index contributed by atoms with van der Waals surface area (Å²) in [6.45, 7) is 3.07. The SMILES string of the molecule is CCOc1cccc(NC(=O)[C@@H]2CCCN(S(=O)(=O)c3ccccc3)C2)c1. The van der Waals surface area contributed by atoms with Crippen molar-refractivity contribution < 1.29 is 17.9 Å². The van der Waals surface area contributed by atoms with E-state index in [0.717, 1.165) is 0 Å². The molecule has 144 valence electrons. The Morgan fingerprint density at radius 2 is 1.96 bits per heavy atom. The molecule has 6 nitrogen and oxygen atoms in total.